The number of likely N-dealkylation sites (N-methyl/N-ethyl adjacent to an activating group) is 1. The average molecular weight is 196 g/mol. The van der Waals surface area contributed by atoms with Gasteiger partial charge in [-0.15, -0.1) is 0 Å². The van der Waals surface area contributed by atoms with Gasteiger partial charge in [-0.3, -0.25) is 4.68 Å². The van der Waals surface area contributed by atoms with E-state index in [0.29, 0.717) is 6.04 Å². The molecule has 0 fully saturated rings. The number of nitrogens with one attached hydrogen (secondary N) is 1. The Bertz CT molecular complexity index is 267. The fourth-order valence-corrected chi connectivity index (χ4v) is 1.29. The SMILES string of the molecule is CC(NCCN(C)C)c1cnn(C)c1. The number of rotatable bonds is 5. The predicted molar refractivity (Wildman–Crippen MR) is 58.2 cm³/mol. The van der Waals surface area contributed by atoms with Gasteiger partial charge in [-0.25, -0.2) is 0 Å². The number of aryl methyl sites for hydroxylation is 1. The molecule has 80 valence electrons. The zero-order valence-electron chi connectivity index (χ0n) is 9.49. The zero-order chi connectivity index (χ0) is 10.6. The summed E-state index contributed by atoms with van der Waals surface area (Å²) in [7, 11) is 6.10. The molecule has 0 aliphatic carbocycles. The minimum Gasteiger partial charge on any atom is -0.309 e. The quantitative estimate of drug-likeness (QED) is 0.750. The van der Waals surface area contributed by atoms with Crippen molar-refractivity contribution >= 4 is 0 Å². The molecule has 1 aromatic rings. The molecular weight excluding hydrogens is 176 g/mol. The van der Waals surface area contributed by atoms with Crippen LogP contribution in [0.5, 0.6) is 0 Å². The van der Waals surface area contributed by atoms with E-state index in [9.17, 15) is 0 Å². The summed E-state index contributed by atoms with van der Waals surface area (Å²) in [6, 6.07) is 0.378. The molecule has 1 unspecified atom stereocenters. The average Bonchev–Trinajstić information content (AvgIpc) is 2.51. The lowest BCUT2D eigenvalue weighted by Gasteiger charge is -2.14. The summed E-state index contributed by atoms with van der Waals surface area (Å²) in [5, 5.41) is 7.60. The van der Waals surface area contributed by atoms with Crippen LogP contribution < -0.4 is 5.32 Å². The third kappa shape index (κ3) is 3.47. The van der Waals surface area contributed by atoms with Crippen LogP contribution in [0.1, 0.15) is 18.5 Å². The first-order valence-electron chi connectivity index (χ1n) is 4.96. The van der Waals surface area contributed by atoms with E-state index in [1.807, 2.05) is 24.1 Å². The number of aromatic nitrogens is 2. The maximum absolute atomic E-state index is 4.15. The maximum Gasteiger partial charge on any atom is 0.0537 e. The highest BCUT2D eigenvalue weighted by atomic mass is 15.2. The van der Waals surface area contributed by atoms with Crippen LogP contribution in [0.15, 0.2) is 12.4 Å². The van der Waals surface area contributed by atoms with E-state index in [1.54, 1.807) is 0 Å². The Hall–Kier alpha value is -0.870. The molecule has 0 radical (unpaired) electrons. The van der Waals surface area contributed by atoms with E-state index in [4.69, 9.17) is 0 Å². The second kappa shape index (κ2) is 5.12. The van der Waals surface area contributed by atoms with Gasteiger partial charge >= 0.3 is 0 Å². The summed E-state index contributed by atoms with van der Waals surface area (Å²) in [6.07, 6.45) is 3.96. The van der Waals surface area contributed by atoms with Crippen LogP contribution in [0.25, 0.3) is 0 Å². The van der Waals surface area contributed by atoms with Gasteiger partial charge < -0.3 is 10.2 Å². The van der Waals surface area contributed by atoms with Gasteiger partial charge in [0.15, 0.2) is 0 Å². The molecule has 1 atom stereocenters. The molecule has 1 aromatic heterocycles. The van der Waals surface area contributed by atoms with Gasteiger partial charge in [0.1, 0.15) is 0 Å². The van der Waals surface area contributed by atoms with Gasteiger partial charge in [-0.2, -0.15) is 5.10 Å². The third-order valence-corrected chi connectivity index (χ3v) is 2.23. The molecule has 1 rings (SSSR count). The Kier molecular flexibility index (Phi) is 4.10. The Labute approximate surface area is 85.9 Å². The van der Waals surface area contributed by atoms with E-state index in [1.165, 1.54) is 5.56 Å². The van der Waals surface area contributed by atoms with Crippen LogP contribution in [0.3, 0.4) is 0 Å². The Balaban J connectivity index is 2.32. The van der Waals surface area contributed by atoms with Crippen molar-refractivity contribution in [3.05, 3.63) is 18.0 Å². The lowest BCUT2D eigenvalue weighted by atomic mass is 10.2. The van der Waals surface area contributed by atoms with E-state index < -0.39 is 0 Å². The van der Waals surface area contributed by atoms with Crippen molar-refractivity contribution in [2.24, 2.45) is 7.05 Å². The predicted octanol–water partition coefficient (Wildman–Crippen LogP) is 0.632. The maximum atomic E-state index is 4.15. The van der Waals surface area contributed by atoms with Gasteiger partial charge in [-0.1, -0.05) is 0 Å². The first-order chi connectivity index (χ1) is 6.59. The van der Waals surface area contributed by atoms with Crippen LogP contribution in [0, 0.1) is 0 Å². The van der Waals surface area contributed by atoms with Crippen LogP contribution in [-0.4, -0.2) is 41.9 Å². The Morgan fingerprint density at radius 3 is 2.79 bits per heavy atom. The van der Waals surface area contributed by atoms with Crippen molar-refractivity contribution in [2.45, 2.75) is 13.0 Å². The van der Waals surface area contributed by atoms with Crippen LogP contribution in [0.4, 0.5) is 0 Å². The normalized spacial score (nSPS) is 13.5. The lowest BCUT2D eigenvalue weighted by molar-refractivity contribution is 0.389. The highest BCUT2D eigenvalue weighted by molar-refractivity contribution is 5.08. The number of hydrogen-bond donors (Lipinski definition) is 1. The molecule has 0 spiro atoms. The molecule has 14 heavy (non-hydrogen) atoms. The molecular formula is C10H20N4. The summed E-state index contributed by atoms with van der Waals surface area (Å²) in [4.78, 5) is 2.17. The standard InChI is InChI=1S/C10H20N4/c1-9(11-5-6-13(2)3)10-7-12-14(4)8-10/h7-9,11H,5-6H2,1-4H3. The summed E-state index contributed by atoms with van der Waals surface area (Å²) in [5.41, 5.74) is 1.24. The van der Waals surface area contributed by atoms with Crippen molar-refractivity contribution < 1.29 is 0 Å². The summed E-state index contributed by atoms with van der Waals surface area (Å²) < 4.78 is 1.83. The molecule has 1 N–H and O–H groups in total. The van der Waals surface area contributed by atoms with Crippen LogP contribution in [0.2, 0.25) is 0 Å². The molecule has 0 amide bonds. The molecule has 0 aliphatic heterocycles. The van der Waals surface area contributed by atoms with Gasteiger partial charge in [0, 0.05) is 37.9 Å². The molecule has 0 saturated heterocycles. The van der Waals surface area contributed by atoms with Crippen molar-refractivity contribution in [3.63, 3.8) is 0 Å². The molecule has 0 bridgehead atoms. The lowest BCUT2D eigenvalue weighted by Crippen LogP contribution is -2.28. The van der Waals surface area contributed by atoms with E-state index in [-0.39, 0.29) is 0 Å². The van der Waals surface area contributed by atoms with Crippen LogP contribution in [-0.2, 0) is 7.05 Å². The molecule has 1 heterocycles. The largest absolute Gasteiger partial charge is 0.309 e. The smallest absolute Gasteiger partial charge is 0.0537 e. The van der Waals surface area contributed by atoms with Crippen molar-refractivity contribution in [2.75, 3.05) is 27.2 Å². The minimum atomic E-state index is 0.378. The summed E-state index contributed by atoms with van der Waals surface area (Å²) >= 11 is 0. The van der Waals surface area contributed by atoms with Crippen LogP contribution >= 0.6 is 0 Å². The first-order valence-corrected chi connectivity index (χ1v) is 4.96. The number of hydrogen-bond acceptors (Lipinski definition) is 3. The Morgan fingerprint density at radius 2 is 2.29 bits per heavy atom. The van der Waals surface area contributed by atoms with Crippen molar-refractivity contribution in [1.82, 2.24) is 20.0 Å². The second-order valence-corrected chi connectivity index (χ2v) is 3.93. The fourth-order valence-electron chi connectivity index (χ4n) is 1.29. The molecule has 0 aromatic carbocycles. The first kappa shape index (κ1) is 11.2. The molecule has 4 heteroatoms. The highest BCUT2D eigenvalue weighted by Crippen LogP contribution is 2.09. The fraction of sp³-hybridized carbons (Fsp3) is 0.700. The van der Waals surface area contributed by atoms with Gasteiger partial charge in [0.25, 0.3) is 0 Å². The van der Waals surface area contributed by atoms with E-state index in [0.717, 1.165) is 13.1 Å². The van der Waals surface area contributed by atoms with Gasteiger partial charge in [0.05, 0.1) is 6.20 Å². The second-order valence-electron chi connectivity index (χ2n) is 3.93. The van der Waals surface area contributed by atoms with Crippen molar-refractivity contribution in [3.8, 4) is 0 Å². The van der Waals surface area contributed by atoms with Crippen molar-refractivity contribution in [1.29, 1.82) is 0 Å². The summed E-state index contributed by atoms with van der Waals surface area (Å²) in [6.45, 7) is 4.22. The van der Waals surface area contributed by atoms with Gasteiger partial charge in [-0.05, 0) is 21.0 Å². The zero-order valence-corrected chi connectivity index (χ0v) is 9.49. The molecule has 0 aliphatic rings. The van der Waals surface area contributed by atoms with Gasteiger partial charge in [0.2, 0.25) is 0 Å². The third-order valence-electron chi connectivity index (χ3n) is 2.23. The number of nitrogens with zero attached hydrogens (tertiary/aromatic N) is 3. The minimum absolute atomic E-state index is 0.378. The molecule has 4 nitrogen and oxygen atoms in total. The molecule has 0 saturated carbocycles. The summed E-state index contributed by atoms with van der Waals surface area (Å²) in [5.74, 6) is 0. The van der Waals surface area contributed by atoms with E-state index in [2.05, 4.69) is 36.3 Å². The topological polar surface area (TPSA) is 33.1 Å². The monoisotopic (exact) mass is 196 g/mol. The highest BCUT2D eigenvalue weighted by Gasteiger charge is 2.05. The Morgan fingerprint density at radius 1 is 1.57 bits per heavy atom. The van der Waals surface area contributed by atoms with E-state index >= 15 is 0 Å².